The van der Waals surface area contributed by atoms with E-state index in [9.17, 15) is 4.79 Å². The van der Waals surface area contributed by atoms with Crippen LogP contribution >= 0.6 is 15.9 Å². The van der Waals surface area contributed by atoms with Crippen molar-refractivity contribution < 1.29 is 13.9 Å². The topological polar surface area (TPSA) is 65.2 Å². The fraction of sp³-hybridized carbons (Fsp3) is 0.182. The molecule has 0 unspecified atom stereocenters. The Morgan fingerprint density at radius 3 is 2.88 bits per heavy atom. The molecule has 0 aliphatic heterocycles. The molecule has 0 spiro atoms. The lowest BCUT2D eigenvalue weighted by Gasteiger charge is -2.02. The second-order valence-electron chi connectivity index (χ2n) is 3.32. The maximum Gasteiger partial charge on any atom is 0.396 e. The van der Waals surface area contributed by atoms with Gasteiger partial charge in [-0.3, -0.25) is 0 Å². The predicted molar refractivity (Wildman–Crippen MR) is 63.5 cm³/mol. The molecule has 1 heterocycles. The quantitative estimate of drug-likeness (QED) is 0.797. The molecule has 0 radical (unpaired) electrons. The number of benzene rings is 1. The molecule has 0 bridgehead atoms. The second kappa shape index (κ2) is 4.67. The van der Waals surface area contributed by atoms with Gasteiger partial charge in [-0.1, -0.05) is 22.0 Å². The molecule has 2 aromatic rings. The molecule has 17 heavy (non-hydrogen) atoms. The summed E-state index contributed by atoms with van der Waals surface area (Å²) >= 11 is 3.41. The molecule has 0 saturated heterocycles. The first kappa shape index (κ1) is 11.8. The number of esters is 1. The van der Waals surface area contributed by atoms with Crippen molar-refractivity contribution >= 4 is 21.9 Å². The van der Waals surface area contributed by atoms with Crippen molar-refractivity contribution in [2.24, 2.45) is 0 Å². The molecule has 0 saturated carbocycles. The Morgan fingerprint density at radius 1 is 1.41 bits per heavy atom. The van der Waals surface area contributed by atoms with Gasteiger partial charge in [0, 0.05) is 10.0 Å². The Bertz CT molecular complexity index is 566. The molecule has 0 aliphatic carbocycles. The number of rotatable bonds is 2. The largest absolute Gasteiger partial charge is 0.462 e. The van der Waals surface area contributed by atoms with Crippen LogP contribution < -0.4 is 0 Å². The molecule has 0 fully saturated rings. The summed E-state index contributed by atoms with van der Waals surface area (Å²) < 4.78 is 10.7. The minimum atomic E-state index is -0.642. The van der Waals surface area contributed by atoms with Crippen LogP contribution in [0.25, 0.3) is 11.5 Å². The Kier molecular flexibility index (Phi) is 3.23. The molecule has 0 N–H and O–H groups in total. The minimum absolute atomic E-state index is 0.151. The molecule has 88 valence electrons. The molecule has 5 nitrogen and oxygen atoms in total. The fourth-order valence-electron chi connectivity index (χ4n) is 1.34. The lowest BCUT2D eigenvalue weighted by atomic mass is 10.1. The molecule has 0 atom stereocenters. The molecule has 6 heteroatoms. The first-order chi connectivity index (χ1) is 8.13. The first-order valence-electron chi connectivity index (χ1n) is 4.80. The number of ether oxygens (including phenoxy) is 1. The number of aromatic nitrogens is 2. The van der Waals surface area contributed by atoms with E-state index < -0.39 is 5.97 Å². The number of halogens is 1. The molecular formula is C11H9BrN2O3. The summed E-state index contributed by atoms with van der Waals surface area (Å²) in [5.74, 6) is -0.498. The zero-order valence-electron chi connectivity index (χ0n) is 9.23. The van der Waals surface area contributed by atoms with Crippen molar-refractivity contribution in [1.29, 1.82) is 0 Å². The van der Waals surface area contributed by atoms with Gasteiger partial charge in [0.25, 0.3) is 0 Å². The van der Waals surface area contributed by atoms with Crippen LogP contribution in [0.15, 0.2) is 27.1 Å². The summed E-state index contributed by atoms with van der Waals surface area (Å²) in [4.78, 5) is 11.2. The van der Waals surface area contributed by atoms with Gasteiger partial charge in [-0.2, -0.15) is 0 Å². The van der Waals surface area contributed by atoms with E-state index in [1.54, 1.807) is 0 Å². The Hall–Kier alpha value is -1.69. The molecule has 0 amide bonds. The van der Waals surface area contributed by atoms with E-state index in [-0.39, 0.29) is 5.89 Å². The van der Waals surface area contributed by atoms with Gasteiger partial charge in [-0.25, -0.2) is 4.79 Å². The van der Waals surface area contributed by atoms with Crippen LogP contribution in [0.1, 0.15) is 16.2 Å². The maximum atomic E-state index is 11.2. The summed E-state index contributed by atoms with van der Waals surface area (Å²) in [6.45, 7) is 1.92. The molecule has 0 aliphatic rings. The fourth-order valence-corrected chi connectivity index (χ4v) is 1.71. The summed E-state index contributed by atoms with van der Waals surface area (Å²) in [5.41, 5.74) is 1.74. The van der Waals surface area contributed by atoms with Crippen LogP contribution in [-0.2, 0) is 4.74 Å². The Labute approximate surface area is 106 Å². The number of hydrogen-bond acceptors (Lipinski definition) is 5. The van der Waals surface area contributed by atoms with Crippen molar-refractivity contribution in [2.75, 3.05) is 7.11 Å². The SMILES string of the molecule is COC(=O)c1nnc(-c2cccc(Br)c2C)o1. The number of carbonyl (C=O) groups excluding carboxylic acids is 1. The van der Waals surface area contributed by atoms with E-state index in [0.717, 1.165) is 15.6 Å². The van der Waals surface area contributed by atoms with Crippen molar-refractivity contribution in [3.63, 3.8) is 0 Å². The highest BCUT2D eigenvalue weighted by Crippen LogP contribution is 2.27. The van der Waals surface area contributed by atoms with Gasteiger partial charge in [0.05, 0.1) is 7.11 Å². The normalized spacial score (nSPS) is 10.3. The standard InChI is InChI=1S/C11H9BrN2O3/c1-6-7(4-3-5-8(6)12)9-13-14-10(17-9)11(15)16-2/h3-5H,1-2H3. The van der Waals surface area contributed by atoms with Gasteiger partial charge in [-0.05, 0) is 24.6 Å². The Morgan fingerprint density at radius 2 is 2.18 bits per heavy atom. The van der Waals surface area contributed by atoms with Crippen LogP contribution in [0, 0.1) is 6.92 Å². The number of carbonyl (C=O) groups is 1. The highest BCUT2D eigenvalue weighted by Gasteiger charge is 2.17. The van der Waals surface area contributed by atoms with E-state index in [1.165, 1.54) is 7.11 Å². The third kappa shape index (κ3) is 2.21. The summed E-state index contributed by atoms with van der Waals surface area (Å²) in [6.07, 6.45) is 0. The van der Waals surface area contributed by atoms with Gasteiger partial charge in [0.1, 0.15) is 0 Å². The molecule has 2 rings (SSSR count). The van der Waals surface area contributed by atoms with Crippen molar-refractivity contribution in [1.82, 2.24) is 10.2 Å². The molecule has 1 aromatic heterocycles. The van der Waals surface area contributed by atoms with Crippen LogP contribution in [-0.4, -0.2) is 23.3 Å². The smallest absolute Gasteiger partial charge is 0.396 e. The Balaban J connectivity index is 2.44. The predicted octanol–water partition coefficient (Wildman–Crippen LogP) is 2.59. The monoisotopic (exact) mass is 296 g/mol. The van der Waals surface area contributed by atoms with Gasteiger partial charge < -0.3 is 9.15 Å². The first-order valence-corrected chi connectivity index (χ1v) is 5.60. The van der Waals surface area contributed by atoms with Gasteiger partial charge >= 0.3 is 11.9 Å². The highest BCUT2D eigenvalue weighted by atomic mass is 79.9. The van der Waals surface area contributed by atoms with Crippen LogP contribution in [0.5, 0.6) is 0 Å². The van der Waals surface area contributed by atoms with E-state index >= 15 is 0 Å². The highest BCUT2D eigenvalue weighted by molar-refractivity contribution is 9.10. The van der Waals surface area contributed by atoms with E-state index in [0.29, 0.717) is 5.89 Å². The van der Waals surface area contributed by atoms with Crippen LogP contribution in [0.3, 0.4) is 0 Å². The minimum Gasteiger partial charge on any atom is -0.462 e. The molecular weight excluding hydrogens is 288 g/mol. The zero-order chi connectivity index (χ0) is 12.4. The van der Waals surface area contributed by atoms with Gasteiger partial charge in [-0.15, -0.1) is 10.2 Å². The third-order valence-electron chi connectivity index (χ3n) is 2.28. The van der Waals surface area contributed by atoms with Crippen molar-refractivity contribution in [2.45, 2.75) is 6.92 Å². The van der Waals surface area contributed by atoms with E-state index in [1.807, 2.05) is 25.1 Å². The van der Waals surface area contributed by atoms with Gasteiger partial charge in [0.15, 0.2) is 0 Å². The van der Waals surface area contributed by atoms with Gasteiger partial charge in [0.2, 0.25) is 5.89 Å². The maximum absolute atomic E-state index is 11.2. The average molecular weight is 297 g/mol. The average Bonchev–Trinajstić information content (AvgIpc) is 2.81. The molecule has 1 aromatic carbocycles. The number of nitrogens with zero attached hydrogens (tertiary/aromatic N) is 2. The van der Waals surface area contributed by atoms with Crippen molar-refractivity contribution in [3.05, 3.63) is 34.1 Å². The van der Waals surface area contributed by atoms with E-state index in [4.69, 9.17) is 4.42 Å². The number of methoxy groups -OCH3 is 1. The summed E-state index contributed by atoms with van der Waals surface area (Å²) in [6, 6.07) is 5.61. The number of hydrogen-bond donors (Lipinski definition) is 0. The third-order valence-corrected chi connectivity index (χ3v) is 3.14. The summed E-state index contributed by atoms with van der Waals surface area (Å²) in [5, 5.41) is 7.45. The zero-order valence-corrected chi connectivity index (χ0v) is 10.8. The van der Waals surface area contributed by atoms with Crippen LogP contribution in [0.4, 0.5) is 0 Å². The van der Waals surface area contributed by atoms with E-state index in [2.05, 4.69) is 30.9 Å². The summed E-state index contributed by atoms with van der Waals surface area (Å²) in [7, 11) is 1.26. The lowest BCUT2D eigenvalue weighted by Crippen LogP contribution is -2.00. The van der Waals surface area contributed by atoms with Crippen molar-refractivity contribution in [3.8, 4) is 11.5 Å². The second-order valence-corrected chi connectivity index (χ2v) is 4.17. The van der Waals surface area contributed by atoms with Crippen LogP contribution in [0.2, 0.25) is 0 Å². The lowest BCUT2D eigenvalue weighted by molar-refractivity contribution is 0.0556.